The summed E-state index contributed by atoms with van der Waals surface area (Å²) in [6.45, 7) is 3.05. The predicted octanol–water partition coefficient (Wildman–Crippen LogP) is 1.91. The molecule has 0 bridgehead atoms. The third-order valence-corrected chi connectivity index (χ3v) is 8.98. The number of esters is 1. The Labute approximate surface area is 258 Å². The molecule has 44 heavy (non-hydrogen) atoms. The number of carbonyl (C=O) groups is 4. The number of allylic oxidation sites excluding steroid dienone is 1. The normalized spacial score (nSPS) is 33.0. The molecular formula is C33H43N3O8. The molecule has 1 spiro atoms. The number of benzene rings is 1. The van der Waals surface area contributed by atoms with E-state index in [9.17, 15) is 24.3 Å². The Kier molecular flexibility index (Phi) is 10.2. The van der Waals surface area contributed by atoms with Gasteiger partial charge in [0.25, 0.3) is 0 Å². The van der Waals surface area contributed by atoms with Crippen LogP contribution in [0.5, 0.6) is 0 Å². The topological polar surface area (TPSA) is 135 Å². The van der Waals surface area contributed by atoms with Crippen molar-refractivity contribution in [2.24, 2.45) is 11.8 Å². The molecule has 4 aliphatic rings. The summed E-state index contributed by atoms with van der Waals surface area (Å²) < 4.78 is 18.4. The molecule has 0 aliphatic carbocycles. The fourth-order valence-electron chi connectivity index (χ4n) is 6.97. The van der Waals surface area contributed by atoms with Crippen molar-refractivity contribution in [1.29, 1.82) is 0 Å². The summed E-state index contributed by atoms with van der Waals surface area (Å²) in [5.74, 6) is -3.55. The highest BCUT2D eigenvalue weighted by Crippen LogP contribution is 2.53. The Bertz CT molecular complexity index is 1270. The molecule has 4 heterocycles. The van der Waals surface area contributed by atoms with Gasteiger partial charge < -0.3 is 34.4 Å². The number of aliphatic hydroxyl groups is 1. The lowest BCUT2D eigenvalue weighted by Crippen LogP contribution is -2.55. The fraction of sp³-hybridized carbons (Fsp3) is 0.576. The Morgan fingerprint density at radius 2 is 1.86 bits per heavy atom. The molecule has 3 amide bonds. The maximum Gasteiger partial charge on any atom is 0.313 e. The van der Waals surface area contributed by atoms with Gasteiger partial charge in [-0.05, 0) is 24.8 Å². The molecule has 1 aromatic carbocycles. The number of carbonyl (C=O) groups excluding carboxylic acids is 4. The summed E-state index contributed by atoms with van der Waals surface area (Å²) in [6, 6.07) is 7.44. The number of nitrogens with one attached hydrogen (secondary N) is 1. The van der Waals surface area contributed by atoms with Crippen molar-refractivity contribution in [3.8, 4) is 0 Å². The lowest BCUT2D eigenvalue weighted by atomic mass is 9.77. The molecular weight excluding hydrogens is 566 g/mol. The maximum absolute atomic E-state index is 14.4. The number of hydrogen-bond acceptors (Lipinski definition) is 8. The van der Waals surface area contributed by atoms with Crippen molar-refractivity contribution < 1.29 is 38.5 Å². The van der Waals surface area contributed by atoms with Crippen molar-refractivity contribution in [3.05, 3.63) is 60.2 Å². The van der Waals surface area contributed by atoms with Crippen LogP contribution in [0.2, 0.25) is 0 Å². The van der Waals surface area contributed by atoms with Crippen molar-refractivity contribution in [2.45, 2.75) is 68.9 Å². The summed E-state index contributed by atoms with van der Waals surface area (Å²) in [5.41, 5.74) is -0.733. The molecule has 1 aromatic rings. The molecule has 0 radical (unpaired) electrons. The minimum absolute atomic E-state index is 0.0904. The largest absolute Gasteiger partial charge is 0.455 e. The van der Waals surface area contributed by atoms with Crippen molar-refractivity contribution in [3.63, 3.8) is 0 Å². The number of hydrogen-bond donors (Lipinski definition) is 2. The van der Waals surface area contributed by atoms with Crippen LogP contribution in [0.3, 0.4) is 0 Å². The van der Waals surface area contributed by atoms with Crippen LogP contribution in [0, 0.1) is 11.8 Å². The molecule has 0 unspecified atom stereocenters. The van der Waals surface area contributed by atoms with Crippen LogP contribution in [0.1, 0.15) is 50.7 Å². The zero-order valence-electron chi connectivity index (χ0n) is 25.4. The third kappa shape index (κ3) is 6.05. The van der Waals surface area contributed by atoms with Gasteiger partial charge in [0.2, 0.25) is 17.7 Å². The molecule has 2 N–H and O–H groups in total. The molecule has 0 aromatic heterocycles. The van der Waals surface area contributed by atoms with E-state index in [2.05, 4.69) is 12.2 Å². The van der Waals surface area contributed by atoms with Crippen molar-refractivity contribution in [2.75, 3.05) is 40.0 Å². The number of methoxy groups -OCH3 is 1. The standard InChI is InChI=1S/C33H43N3O8/c1-3-4-17-35-18-10-16-33-27(30(39)36(19-11-20-37)29(33)31(35)40)26-24(44-33)14-8-9-15-25(38)34-23(21-42-2)28(43-32(26)41)22-12-6-5-7-13-22/h5-8,10,12-14,16,23-24,26-29,37H,3-4,9,11,15,17-21H2,1-2H3,(H,34,38)/b14-8-/t23-,24-,26+,27+,28-,29-,33+/m1/s1. The smallest absolute Gasteiger partial charge is 0.313 e. The molecule has 7 atom stereocenters. The summed E-state index contributed by atoms with van der Waals surface area (Å²) in [6.07, 6.45) is 7.97. The Morgan fingerprint density at radius 1 is 1.07 bits per heavy atom. The zero-order valence-corrected chi connectivity index (χ0v) is 25.4. The van der Waals surface area contributed by atoms with E-state index >= 15 is 0 Å². The number of aliphatic hydroxyl groups excluding tert-OH is 1. The Morgan fingerprint density at radius 3 is 2.59 bits per heavy atom. The number of fused-ring (bicyclic) bond motifs is 2. The SMILES string of the molecule is CCCCN1CC=C[C@]23O[C@@H]4/C=C\CCC(=O)N[C@H](COC)[C@@H](c5ccccc5)OC(=O)[C@@H]4[C@H]2C(=O)N(CCCO)[C@@H]3C1=O. The number of unbranched alkanes of at least 4 members (excludes halogenated alkanes) is 1. The average molecular weight is 610 g/mol. The first-order valence-corrected chi connectivity index (χ1v) is 15.6. The van der Waals surface area contributed by atoms with E-state index in [4.69, 9.17) is 14.2 Å². The van der Waals surface area contributed by atoms with Crippen molar-refractivity contribution in [1.82, 2.24) is 15.1 Å². The molecule has 11 heteroatoms. The van der Waals surface area contributed by atoms with Gasteiger partial charge in [0.1, 0.15) is 23.7 Å². The lowest BCUT2D eigenvalue weighted by molar-refractivity contribution is -0.162. The van der Waals surface area contributed by atoms with Gasteiger partial charge >= 0.3 is 5.97 Å². The van der Waals surface area contributed by atoms with Crippen LogP contribution >= 0.6 is 0 Å². The van der Waals surface area contributed by atoms with Crippen LogP contribution < -0.4 is 5.32 Å². The van der Waals surface area contributed by atoms with Crippen molar-refractivity contribution >= 4 is 23.7 Å². The van der Waals surface area contributed by atoms with E-state index in [1.54, 1.807) is 23.1 Å². The van der Waals surface area contributed by atoms with Crippen LogP contribution in [-0.2, 0) is 33.4 Å². The van der Waals surface area contributed by atoms with E-state index in [0.29, 0.717) is 25.1 Å². The monoisotopic (exact) mass is 609 g/mol. The predicted molar refractivity (Wildman–Crippen MR) is 160 cm³/mol. The van der Waals surface area contributed by atoms with Gasteiger partial charge in [0.05, 0.1) is 24.7 Å². The highest BCUT2D eigenvalue weighted by atomic mass is 16.6. The molecule has 2 fully saturated rings. The van der Waals surface area contributed by atoms with Crippen LogP contribution in [0.4, 0.5) is 0 Å². The molecule has 4 aliphatic heterocycles. The first-order valence-electron chi connectivity index (χ1n) is 15.6. The Balaban J connectivity index is 1.58. The second-order valence-corrected chi connectivity index (χ2v) is 11.9. The quantitative estimate of drug-likeness (QED) is 0.320. The van der Waals surface area contributed by atoms with Gasteiger partial charge in [-0.2, -0.15) is 0 Å². The average Bonchev–Trinajstić information content (AvgIpc) is 3.40. The van der Waals surface area contributed by atoms with Gasteiger partial charge in [-0.15, -0.1) is 0 Å². The second kappa shape index (κ2) is 14.0. The maximum atomic E-state index is 14.4. The number of amides is 3. The summed E-state index contributed by atoms with van der Waals surface area (Å²) in [7, 11) is 1.51. The molecule has 0 saturated carbocycles. The van der Waals surface area contributed by atoms with Gasteiger partial charge in [0, 0.05) is 39.8 Å². The van der Waals surface area contributed by atoms with E-state index in [1.807, 2.05) is 36.4 Å². The summed E-state index contributed by atoms with van der Waals surface area (Å²) in [4.78, 5) is 58.9. The third-order valence-electron chi connectivity index (χ3n) is 8.98. The first-order chi connectivity index (χ1) is 21.4. The van der Waals surface area contributed by atoms with Crippen LogP contribution in [0.15, 0.2) is 54.6 Å². The molecule has 2 saturated heterocycles. The Hall–Kier alpha value is -3.54. The van der Waals surface area contributed by atoms with Gasteiger partial charge in [-0.1, -0.05) is 68.0 Å². The van der Waals surface area contributed by atoms with Gasteiger partial charge in [0.15, 0.2) is 0 Å². The highest BCUT2D eigenvalue weighted by molar-refractivity contribution is 5.99. The summed E-state index contributed by atoms with van der Waals surface area (Å²) in [5, 5.41) is 12.6. The highest BCUT2D eigenvalue weighted by Gasteiger charge is 2.71. The summed E-state index contributed by atoms with van der Waals surface area (Å²) >= 11 is 0. The fourth-order valence-corrected chi connectivity index (χ4v) is 6.97. The van der Waals surface area contributed by atoms with Gasteiger partial charge in [-0.25, -0.2) is 0 Å². The second-order valence-electron chi connectivity index (χ2n) is 11.9. The first kappa shape index (κ1) is 31.9. The number of nitrogens with zero attached hydrogens (tertiary/aromatic N) is 2. The number of likely N-dealkylation sites (tertiary alicyclic amines) is 1. The van der Waals surface area contributed by atoms with E-state index in [1.165, 1.54) is 12.0 Å². The van der Waals surface area contributed by atoms with Gasteiger partial charge in [-0.3, -0.25) is 19.2 Å². The van der Waals surface area contributed by atoms with E-state index in [-0.39, 0.29) is 50.3 Å². The minimum atomic E-state index is -1.40. The van der Waals surface area contributed by atoms with E-state index < -0.39 is 47.7 Å². The number of cyclic esters (lactones) is 1. The lowest BCUT2D eigenvalue weighted by Gasteiger charge is -2.35. The zero-order chi connectivity index (χ0) is 31.3. The van der Waals surface area contributed by atoms with E-state index in [0.717, 1.165) is 12.8 Å². The molecule has 238 valence electrons. The number of ether oxygens (including phenoxy) is 3. The molecule has 5 rings (SSSR count). The molecule has 11 nitrogen and oxygen atoms in total. The van der Waals surface area contributed by atoms with Crippen LogP contribution in [0.25, 0.3) is 0 Å². The number of rotatable bonds is 9. The minimum Gasteiger partial charge on any atom is -0.455 e. The van der Waals surface area contributed by atoms with Crippen LogP contribution in [-0.4, -0.2) is 102 Å².